The SMILES string of the molecule is [2H]C([2H])([2H])c1c(C#N)cccc1-c1cc(Oc2[c-]c3c(cc2)c2ccccc2n3-c2ccccn2)[c-]c(N2[CH-]N(c3c(C(C)C)cc(-c4ccccc4F)cc3C(C)C)c3ccccc32)c1.[Pt]. The Morgan fingerprint density at radius 2 is 1.39 bits per heavy atom. The second kappa shape index (κ2) is 17.3. The Bertz CT molecular complexity index is 3350. The average Bonchev–Trinajstić information content (AvgIpc) is 3.87. The second-order valence-electron chi connectivity index (χ2n) is 16.3. The maximum Gasteiger partial charge on any atom is 0.135 e. The zero-order valence-corrected chi connectivity index (χ0v) is 37.8. The fourth-order valence-corrected chi connectivity index (χ4v) is 8.70. The van der Waals surface area contributed by atoms with Crippen LogP contribution < -0.4 is 14.5 Å². The molecule has 6 nitrogen and oxygen atoms in total. The van der Waals surface area contributed by atoms with Gasteiger partial charge in [0.25, 0.3) is 0 Å². The molecule has 8 heteroatoms. The van der Waals surface area contributed by atoms with Crippen molar-refractivity contribution in [2.75, 3.05) is 9.80 Å². The van der Waals surface area contributed by atoms with E-state index in [1.54, 1.807) is 30.5 Å². The largest absolute Gasteiger partial charge is 0.509 e. The molecule has 9 aromatic rings. The Labute approximate surface area is 392 Å². The predicted molar refractivity (Wildman–Crippen MR) is 253 cm³/mol. The Kier molecular flexibility index (Phi) is 10.4. The standard InChI is InChI=1S/C56H43FN5O.Pt/c1-35(2)48-29-40(45-16-6-8-19-50(45)57)30-49(36(3)4)56(48)61-34-60(52-21-10-11-22-53(52)61)41-27-39(44-18-14-15-38(33-58)37(44)5)28-43(31-41)63-42-24-25-47-46-17-7-9-20-51(46)62(54(47)32-42)55-23-12-13-26-59-55;/h6-30,34-36H,1-5H3;/q-3;/i5D3;. The molecule has 2 aromatic heterocycles. The van der Waals surface area contributed by atoms with E-state index in [-0.39, 0.29) is 49.8 Å². The molecule has 1 aliphatic heterocycles. The third-order valence-electron chi connectivity index (χ3n) is 11.7. The van der Waals surface area contributed by atoms with Crippen molar-refractivity contribution in [1.29, 1.82) is 5.26 Å². The number of para-hydroxylation sites is 3. The number of anilines is 4. The Morgan fingerprint density at radius 1 is 0.703 bits per heavy atom. The van der Waals surface area contributed by atoms with Gasteiger partial charge in [-0.05, 0) is 106 Å². The molecule has 64 heavy (non-hydrogen) atoms. The molecule has 0 radical (unpaired) electrons. The van der Waals surface area contributed by atoms with Crippen molar-refractivity contribution < 1.29 is 34.3 Å². The van der Waals surface area contributed by atoms with Crippen LogP contribution in [0.25, 0.3) is 49.9 Å². The number of rotatable bonds is 9. The Morgan fingerprint density at radius 3 is 2.11 bits per heavy atom. The number of hydrogen-bond donors (Lipinski definition) is 0. The molecular formula is C56H43FN5OPt-3. The van der Waals surface area contributed by atoms with Crippen LogP contribution in [-0.2, 0) is 21.1 Å². The molecule has 0 saturated heterocycles. The average molecular weight is 1020 g/mol. The number of halogens is 1. The number of hydrogen-bond acceptors (Lipinski definition) is 5. The van der Waals surface area contributed by atoms with Gasteiger partial charge in [0.2, 0.25) is 0 Å². The summed E-state index contributed by atoms with van der Waals surface area (Å²) in [6.45, 7) is 8.03. The van der Waals surface area contributed by atoms with E-state index in [1.807, 2.05) is 90.4 Å². The summed E-state index contributed by atoms with van der Waals surface area (Å²) < 4.78 is 49.9. The maximum atomic E-state index is 15.3. The number of nitrogens with zero attached hydrogens (tertiary/aromatic N) is 5. The van der Waals surface area contributed by atoms with Crippen LogP contribution in [0.2, 0.25) is 0 Å². The minimum absolute atomic E-state index is 0. The van der Waals surface area contributed by atoms with Crippen LogP contribution >= 0.6 is 0 Å². The monoisotopic (exact) mass is 1020 g/mol. The van der Waals surface area contributed by atoms with Gasteiger partial charge in [-0.2, -0.15) is 11.3 Å². The van der Waals surface area contributed by atoms with E-state index in [4.69, 9.17) is 8.85 Å². The fraction of sp³-hybridized carbons (Fsp3) is 0.125. The normalized spacial score (nSPS) is 13.1. The molecule has 3 heterocycles. The number of benzene rings is 7. The van der Waals surface area contributed by atoms with E-state index in [9.17, 15) is 5.26 Å². The van der Waals surface area contributed by atoms with Gasteiger partial charge in [-0.3, -0.25) is 0 Å². The summed E-state index contributed by atoms with van der Waals surface area (Å²) in [6, 6.07) is 54.7. The molecule has 7 aromatic carbocycles. The topological polar surface area (TPSA) is 57.3 Å². The minimum Gasteiger partial charge on any atom is -0.509 e. The van der Waals surface area contributed by atoms with Crippen molar-refractivity contribution in [1.82, 2.24) is 9.55 Å². The van der Waals surface area contributed by atoms with Crippen LogP contribution in [0, 0.1) is 42.8 Å². The van der Waals surface area contributed by atoms with E-state index < -0.39 is 6.85 Å². The molecule has 1 aliphatic rings. The summed E-state index contributed by atoms with van der Waals surface area (Å²) in [7, 11) is 0. The van der Waals surface area contributed by atoms with E-state index in [0.29, 0.717) is 33.9 Å². The number of ether oxygens (including phenoxy) is 1. The molecule has 0 bridgehead atoms. The van der Waals surface area contributed by atoms with Gasteiger partial charge < -0.3 is 19.1 Å². The van der Waals surface area contributed by atoms with Gasteiger partial charge >= 0.3 is 0 Å². The van der Waals surface area contributed by atoms with E-state index in [1.165, 1.54) is 12.1 Å². The summed E-state index contributed by atoms with van der Waals surface area (Å²) in [5.74, 6) is 1.32. The Balaban J connectivity index is 0.00000562. The predicted octanol–water partition coefficient (Wildman–Crippen LogP) is 14.9. The number of fused-ring (bicyclic) bond motifs is 4. The van der Waals surface area contributed by atoms with Crippen molar-refractivity contribution in [3.8, 4) is 45.6 Å². The summed E-state index contributed by atoms with van der Waals surface area (Å²) in [4.78, 5) is 8.89. The molecule has 0 amide bonds. The van der Waals surface area contributed by atoms with Gasteiger partial charge in [-0.1, -0.05) is 99.9 Å². The van der Waals surface area contributed by atoms with Crippen molar-refractivity contribution in [2.45, 2.75) is 46.4 Å². The molecule has 0 spiro atoms. The molecule has 0 fully saturated rings. The number of pyridine rings is 1. The molecule has 318 valence electrons. The first-order chi connectivity index (χ1) is 31.9. The zero-order valence-electron chi connectivity index (χ0n) is 38.5. The van der Waals surface area contributed by atoms with Gasteiger partial charge in [0.1, 0.15) is 11.6 Å². The van der Waals surface area contributed by atoms with Crippen molar-refractivity contribution >= 4 is 44.6 Å². The van der Waals surface area contributed by atoms with Crippen LogP contribution in [0.3, 0.4) is 0 Å². The fourth-order valence-electron chi connectivity index (χ4n) is 8.70. The molecule has 0 aliphatic carbocycles. The maximum absolute atomic E-state index is 15.3. The van der Waals surface area contributed by atoms with Crippen molar-refractivity contribution in [3.63, 3.8) is 0 Å². The third kappa shape index (κ3) is 7.42. The summed E-state index contributed by atoms with van der Waals surface area (Å²) in [6.07, 6.45) is 1.76. The molecule has 0 saturated carbocycles. The smallest absolute Gasteiger partial charge is 0.135 e. The summed E-state index contributed by atoms with van der Waals surface area (Å²) in [5.41, 5.74) is 9.48. The summed E-state index contributed by atoms with van der Waals surface area (Å²) in [5, 5.41) is 12.2. The minimum atomic E-state index is -2.60. The van der Waals surface area contributed by atoms with Gasteiger partial charge in [0.05, 0.1) is 11.6 Å². The van der Waals surface area contributed by atoms with Crippen LogP contribution in [0.4, 0.5) is 27.1 Å². The number of nitriles is 1. The van der Waals surface area contributed by atoms with E-state index in [2.05, 4.69) is 90.7 Å². The van der Waals surface area contributed by atoms with Gasteiger partial charge in [0.15, 0.2) is 0 Å². The Hall–Kier alpha value is -7.00. The van der Waals surface area contributed by atoms with Crippen LogP contribution in [-0.4, -0.2) is 9.55 Å². The third-order valence-corrected chi connectivity index (χ3v) is 11.7. The first-order valence-electron chi connectivity index (χ1n) is 22.5. The first kappa shape index (κ1) is 38.7. The van der Waals surface area contributed by atoms with Crippen LogP contribution in [0.15, 0.2) is 152 Å². The second-order valence-corrected chi connectivity index (χ2v) is 16.3. The van der Waals surface area contributed by atoms with E-state index in [0.717, 1.165) is 61.4 Å². The van der Waals surface area contributed by atoms with Gasteiger partial charge in [-0.25, -0.2) is 9.37 Å². The molecule has 0 N–H and O–H groups in total. The van der Waals surface area contributed by atoms with Crippen LogP contribution in [0.1, 0.15) is 65.9 Å². The van der Waals surface area contributed by atoms with Crippen LogP contribution in [0.5, 0.6) is 11.5 Å². The van der Waals surface area contributed by atoms with Crippen molar-refractivity contribution in [2.24, 2.45) is 0 Å². The number of aromatic nitrogens is 2. The van der Waals surface area contributed by atoms with Crippen molar-refractivity contribution in [3.05, 3.63) is 199 Å². The molecular weight excluding hydrogens is 973 g/mol. The summed E-state index contributed by atoms with van der Waals surface area (Å²) >= 11 is 0. The van der Waals surface area contributed by atoms with E-state index >= 15 is 4.39 Å². The zero-order chi connectivity index (χ0) is 45.9. The van der Waals surface area contributed by atoms with Gasteiger partial charge in [-0.15, -0.1) is 53.6 Å². The molecule has 0 atom stereocenters. The molecule has 0 unspecified atom stereocenters. The quantitative estimate of drug-likeness (QED) is 0.135. The first-order valence-corrected chi connectivity index (χ1v) is 21.0. The van der Waals surface area contributed by atoms with Gasteiger partial charge in [0, 0.05) is 71.0 Å². The molecule has 10 rings (SSSR count).